The minimum Gasteiger partial charge on any atom is -0.347 e. The Bertz CT molecular complexity index is 445. The van der Waals surface area contributed by atoms with Crippen LogP contribution in [0.2, 0.25) is 0 Å². The van der Waals surface area contributed by atoms with E-state index in [1.807, 2.05) is 0 Å². The summed E-state index contributed by atoms with van der Waals surface area (Å²) in [7, 11) is 0. The zero-order valence-corrected chi connectivity index (χ0v) is 12.8. The largest absolute Gasteiger partial charge is 0.347 e. The number of rotatable bonds is 4. The third kappa shape index (κ3) is 3.60. The Balaban J connectivity index is 2.03. The molecule has 3 heteroatoms. The standard InChI is InChI=1S/C17H26N2O/c1-4-13-7-9-15(10-8-13)17(2,3)19-16(20)14-6-5-11-18-12-14/h7-10,14,18H,4-6,11-12H2,1-3H3,(H,19,20). The van der Waals surface area contributed by atoms with Crippen LogP contribution in [0.5, 0.6) is 0 Å². The quantitative estimate of drug-likeness (QED) is 0.886. The van der Waals surface area contributed by atoms with Gasteiger partial charge in [-0.3, -0.25) is 4.79 Å². The van der Waals surface area contributed by atoms with Crippen molar-refractivity contribution in [3.8, 4) is 0 Å². The maximum atomic E-state index is 12.4. The molecule has 110 valence electrons. The lowest BCUT2D eigenvalue weighted by Crippen LogP contribution is -2.47. The van der Waals surface area contributed by atoms with Gasteiger partial charge in [-0.05, 0) is 50.8 Å². The van der Waals surface area contributed by atoms with E-state index in [0.29, 0.717) is 0 Å². The molecule has 3 nitrogen and oxygen atoms in total. The van der Waals surface area contributed by atoms with Crippen LogP contribution in [-0.2, 0) is 16.8 Å². The van der Waals surface area contributed by atoms with Gasteiger partial charge in [-0.2, -0.15) is 0 Å². The van der Waals surface area contributed by atoms with Gasteiger partial charge in [0.1, 0.15) is 0 Å². The second-order valence-corrected chi connectivity index (χ2v) is 6.21. The molecule has 20 heavy (non-hydrogen) atoms. The lowest BCUT2D eigenvalue weighted by Gasteiger charge is -2.31. The van der Waals surface area contributed by atoms with E-state index in [4.69, 9.17) is 0 Å². The smallest absolute Gasteiger partial charge is 0.225 e. The average Bonchev–Trinajstić information content (AvgIpc) is 2.48. The lowest BCUT2D eigenvalue weighted by molar-refractivity contribution is -0.127. The predicted molar refractivity (Wildman–Crippen MR) is 82.6 cm³/mol. The van der Waals surface area contributed by atoms with Crippen LogP contribution in [0.4, 0.5) is 0 Å². The van der Waals surface area contributed by atoms with E-state index in [-0.39, 0.29) is 17.4 Å². The highest BCUT2D eigenvalue weighted by Gasteiger charge is 2.28. The summed E-state index contributed by atoms with van der Waals surface area (Å²) in [6.45, 7) is 8.13. The first-order valence-corrected chi connectivity index (χ1v) is 7.65. The Labute approximate surface area is 122 Å². The summed E-state index contributed by atoms with van der Waals surface area (Å²) in [6, 6.07) is 8.53. The topological polar surface area (TPSA) is 41.1 Å². The number of carbonyl (C=O) groups excluding carboxylic acids is 1. The zero-order chi connectivity index (χ0) is 14.6. The van der Waals surface area contributed by atoms with E-state index in [2.05, 4.69) is 55.7 Å². The SMILES string of the molecule is CCc1ccc(C(C)(C)NC(=O)C2CCCNC2)cc1. The van der Waals surface area contributed by atoms with Gasteiger partial charge >= 0.3 is 0 Å². The fourth-order valence-corrected chi connectivity index (χ4v) is 2.71. The predicted octanol–water partition coefficient (Wildman–Crippen LogP) is 2.60. The number of hydrogen-bond acceptors (Lipinski definition) is 2. The molecule has 0 bridgehead atoms. The molecule has 0 aliphatic carbocycles. The molecule has 0 aromatic heterocycles. The van der Waals surface area contributed by atoms with Crippen molar-refractivity contribution in [2.75, 3.05) is 13.1 Å². The van der Waals surface area contributed by atoms with E-state index in [0.717, 1.165) is 37.9 Å². The van der Waals surface area contributed by atoms with Crippen molar-refractivity contribution in [3.05, 3.63) is 35.4 Å². The molecule has 2 rings (SSSR count). The number of piperidine rings is 1. The highest BCUT2D eigenvalue weighted by atomic mass is 16.2. The minimum atomic E-state index is -0.319. The molecular weight excluding hydrogens is 248 g/mol. The van der Waals surface area contributed by atoms with Crippen molar-refractivity contribution in [2.45, 2.75) is 45.6 Å². The molecule has 1 aliphatic rings. The molecule has 1 fully saturated rings. The number of aryl methyl sites for hydroxylation is 1. The van der Waals surface area contributed by atoms with Gasteiger partial charge in [0.2, 0.25) is 5.91 Å². The number of nitrogens with one attached hydrogen (secondary N) is 2. The summed E-state index contributed by atoms with van der Waals surface area (Å²) in [5.41, 5.74) is 2.17. The summed E-state index contributed by atoms with van der Waals surface area (Å²) in [6.07, 6.45) is 3.12. The van der Waals surface area contributed by atoms with Crippen LogP contribution in [-0.4, -0.2) is 19.0 Å². The number of amides is 1. The molecule has 1 saturated heterocycles. The van der Waals surface area contributed by atoms with Crippen molar-refractivity contribution in [2.24, 2.45) is 5.92 Å². The molecule has 1 amide bonds. The number of carbonyl (C=O) groups is 1. The Kier molecular flexibility index (Phi) is 4.81. The van der Waals surface area contributed by atoms with Crippen LogP contribution in [0, 0.1) is 5.92 Å². The van der Waals surface area contributed by atoms with E-state index in [1.54, 1.807) is 0 Å². The molecule has 1 aromatic rings. The third-order valence-corrected chi connectivity index (χ3v) is 4.19. The molecule has 1 aliphatic heterocycles. The van der Waals surface area contributed by atoms with E-state index in [9.17, 15) is 4.79 Å². The van der Waals surface area contributed by atoms with Crippen LogP contribution >= 0.6 is 0 Å². The zero-order valence-electron chi connectivity index (χ0n) is 12.8. The molecule has 0 spiro atoms. The lowest BCUT2D eigenvalue weighted by atomic mass is 9.91. The molecule has 1 aromatic carbocycles. The van der Waals surface area contributed by atoms with Crippen molar-refractivity contribution in [3.63, 3.8) is 0 Å². The van der Waals surface area contributed by atoms with Crippen LogP contribution in [0.1, 0.15) is 44.7 Å². The van der Waals surface area contributed by atoms with Crippen molar-refractivity contribution >= 4 is 5.91 Å². The maximum absolute atomic E-state index is 12.4. The first kappa shape index (κ1) is 15.0. The Morgan fingerprint density at radius 3 is 2.60 bits per heavy atom. The average molecular weight is 274 g/mol. The van der Waals surface area contributed by atoms with Crippen LogP contribution in [0.15, 0.2) is 24.3 Å². The monoisotopic (exact) mass is 274 g/mol. The van der Waals surface area contributed by atoms with Crippen molar-refractivity contribution in [1.29, 1.82) is 0 Å². The Morgan fingerprint density at radius 1 is 1.35 bits per heavy atom. The van der Waals surface area contributed by atoms with Gasteiger partial charge < -0.3 is 10.6 Å². The summed E-state index contributed by atoms with van der Waals surface area (Å²) in [4.78, 5) is 12.4. The maximum Gasteiger partial charge on any atom is 0.225 e. The molecule has 0 saturated carbocycles. The van der Waals surface area contributed by atoms with Crippen molar-refractivity contribution in [1.82, 2.24) is 10.6 Å². The van der Waals surface area contributed by atoms with Gasteiger partial charge in [-0.1, -0.05) is 31.2 Å². The summed E-state index contributed by atoms with van der Waals surface area (Å²) in [5.74, 6) is 0.278. The first-order chi connectivity index (χ1) is 9.53. The first-order valence-electron chi connectivity index (χ1n) is 7.65. The van der Waals surface area contributed by atoms with Gasteiger partial charge in [0, 0.05) is 6.54 Å². The fourth-order valence-electron chi connectivity index (χ4n) is 2.71. The van der Waals surface area contributed by atoms with E-state index >= 15 is 0 Å². The fraction of sp³-hybridized carbons (Fsp3) is 0.588. The van der Waals surface area contributed by atoms with Crippen LogP contribution in [0.25, 0.3) is 0 Å². The Hall–Kier alpha value is -1.35. The highest BCUT2D eigenvalue weighted by Crippen LogP contribution is 2.22. The van der Waals surface area contributed by atoms with Gasteiger partial charge in [-0.15, -0.1) is 0 Å². The van der Waals surface area contributed by atoms with Crippen LogP contribution in [0.3, 0.4) is 0 Å². The third-order valence-electron chi connectivity index (χ3n) is 4.19. The molecular formula is C17H26N2O. The second kappa shape index (κ2) is 6.40. The van der Waals surface area contributed by atoms with Crippen molar-refractivity contribution < 1.29 is 4.79 Å². The van der Waals surface area contributed by atoms with Crippen LogP contribution < -0.4 is 10.6 Å². The molecule has 1 atom stereocenters. The number of benzene rings is 1. The van der Waals surface area contributed by atoms with E-state index < -0.39 is 0 Å². The highest BCUT2D eigenvalue weighted by molar-refractivity contribution is 5.80. The molecule has 1 unspecified atom stereocenters. The van der Waals surface area contributed by atoms with Gasteiger partial charge in [-0.25, -0.2) is 0 Å². The molecule has 0 radical (unpaired) electrons. The minimum absolute atomic E-state index is 0.109. The Morgan fingerprint density at radius 2 is 2.05 bits per heavy atom. The molecule has 2 N–H and O–H groups in total. The summed E-state index contributed by atoms with van der Waals surface area (Å²) < 4.78 is 0. The molecule has 1 heterocycles. The summed E-state index contributed by atoms with van der Waals surface area (Å²) >= 11 is 0. The van der Waals surface area contributed by atoms with Gasteiger partial charge in [0.15, 0.2) is 0 Å². The number of hydrogen-bond donors (Lipinski definition) is 2. The van der Waals surface area contributed by atoms with Gasteiger partial charge in [0.05, 0.1) is 11.5 Å². The van der Waals surface area contributed by atoms with Gasteiger partial charge in [0.25, 0.3) is 0 Å². The summed E-state index contributed by atoms with van der Waals surface area (Å²) in [5, 5.41) is 6.50. The second-order valence-electron chi connectivity index (χ2n) is 6.21. The normalized spacial score (nSPS) is 19.6. The van der Waals surface area contributed by atoms with E-state index in [1.165, 1.54) is 5.56 Å².